The third-order valence-electron chi connectivity index (χ3n) is 2.62. The van der Waals surface area contributed by atoms with E-state index in [9.17, 15) is 4.39 Å². The van der Waals surface area contributed by atoms with Crippen LogP contribution in [0.1, 0.15) is 24.8 Å². The van der Waals surface area contributed by atoms with Gasteiger partial charge < -0.3 is 5.32 Å². The minimum Gasteiger partial charge on any atom is -0.310 e. The van der Waals surface area contributed by atoms with Crippen LogP contribution in [-0.2, 0) is 0 Å². The van der Waals surface area contributed by atoms with E-state index in [2.05, 4.69) is 40.1 Å². The number of nitrogens with one attached hydrogen (secondary N) is 1. The summed E-state index contributed by atoms with van der Waals surface area (Å²) in [5, 5.41) is 4.25. The van der Waals surface area contributed by atoms with Crippen LogP contribution in [0.25, 0.3) is 10.6 Å². The standard InChI is InChI=1S/C13H14BrFN2S/c1-3-16-8(2)12-7-17-13(18-12)10-5-4-9(15)6-11(10)14/h4-8,16H,3H2,1-2H3. The molecular formula is C13H14BrFN2S. The van der Waals surface area contributed by atoms with Gasteiger partial charge in [-0.15, -0.1) is 11.3 Å². The SMILES string of the molecule is CCNC(C)c1cnc(-c2ccc(F)cc2Br)s1. The van der Waals surface area contributed by atoms with E-state index < -0.39 is 0 Å². The van der Waals surface area contributed by atoms with Gasteiger partial charge >= 0.3 is 0 Å². The van der Waals surface area contributed by atoms with Crippen LogP contribution in [0.3, 0.4) is 0 Å². The molecule has 0 aliphatic heterocycles. The molecule has 1 atom stereocenters. The first-order chi connectivity index (χ1) is 8.61. The number of benzene rings is 1. The predicted octanol–water partition coefficient (Wildman–Crippen LogP) is 4.38. The van der Waals surface area contributed by atoms with Gasteiger partial charge in [0.15, 0.2) is 0 Å². The van der Waals surface area contributed by atoms with Gasteiger partial charge in [0.05, 0.1) is 0 Å². The average molecular weight is 329 g/mol. The molecule has 2 rings (SSSR count). The van der Waals surface area contributed by atoms with Gasteiger partial charge in [-0.25, -0.2) is 9.37 Å². The maximum atomic E-state index is 13.0. The molecule has 1 heterocycles. The largest absolute Gasteiger partial charge is 0.310 e. The quantitative estimate of drug-likeness (QED) is 0.900. The molecule has 1 aromatic carbocycles. The van der Waals surface area contributed by atoms with Crippen LogP contribution in [0.4, 0.5) is 4.39 Å². The van der Waals surface area contributed by atoms with Gasteiger partial charge in [-0.2, -0.15) is 0 Å². The summed E-state index contributed by atoms with van der Waals surface area (Å²) in [6.45, 7) is 5.12. The van der Waals surface area contributed by atoms with Crippen LogP contribution >= 0.6 is 27.3 Å². The minimum atomic E-state index is -0.247. The second-order valence-electron chi connectivity index (χ2n) is 3.97. The maximum absolute atomic E-state index is 13.0. The molecule has 1 unspecified atom stereocenters. The number of halogens is 2. The minimum absolute atomic E-state index is 0.247. The van der Waals surface area contributed by atoms with Crippen molar-refractivity contribution in [2.45, 2.75) is 19.9 Å². The van der Waals surface area contributed by atoms with Gasteiger partial charge in [0.1, 0.15) is 10.8 Å². The summed E-state index contributed by atoms with van der Waals surface area (Å²) in [7, 11) is 0. The number of hydrogen-bond donors (Lipinski definition) is 1. The van der Waals surface area contributed by atoms with E-state index >= 15 is 0 Å². The van der Waals surface area contributed by atoms with Crippen molar-refractivity contribution >= 4 is 27.3 Å². The molecule has 0 saturated carbocycles. The van der Waals surface area contributed by atoms with Gasteiger partial charge in [0.2, 0.25) is 0 Å². The molecule has 0 bridgehead atoms. The van der Waals surface area contributed by atoms with E-state index in [0.29, 0.717) is 6.04 Å². The molecule has 0 spiro atoms. The van der Waals surface area contributed by atoms with E-state index in [-0.39, 0.29) is 5.82 Å². The van der Waals surface area contributed by atoms with Crippen LogP contribution in [-0.4, -0.2) is 11.5 Å². The van der Waals surface area contributed by atoms with E-state index in [1.54, 1.807) is 17.4 Å². The summed E-state index contributed by atoms with van der Waals surface area (Å²) in [4.78, 5) is 5.59. The zero-order chi connectivity index (χ0) is 13.1. The zero-order valence-electron chi connectivity index (χ0n) is 10.2. The van der Waals surface area contributed by atoms with Crippen LogP contribution < -0.4 is 5.32 Å². The van der Waals surface area contributed by atoms with Crippen molar-refractivity contribution < 1.29 is 4.39 Å². The molecule has 2 nitrogen and oxygen atoms in total. The third-order valence-corrected chi connectivity index (χ3v) is 4.49. The smallest absolute Gasteiger partial charge is 0.124 e. The highest BCUT2D eigenvalue weighted by atomic mass is 79.9. The average Bonchev–Trinajstić information content (AvgIpc) is 2.78. The van der Waals surface area contributed by atoms with Gasteiger partial charge in [-0.3, -0.25) is 0 Å². The zero-order valence-corrected chi connectivity index (χ0v) is 12.6. The Kier molecular flexibility index (Phi) is 4.48. The second kappa shape index (κ2) is 5.91. The molecule has 0 aliphatic rings. The fourth-order valence-electron chi connectivity index (χ4n) is 1.68. The fourth-order valence-corrected chi connectivity index (χ4v) is 3.33. The van der Waals surface area contributed by atoms with Crippen molar-refractivity contribution in [3.63, 3.8) is 0 Å². The Labute approximate surface area is 118 Å². The first-order valence-corrected chi connectivity index (χ1v) is 7.37. The molecular weight excluding hydrogens is 315 g/mol. The number of hydrogen-bond acceptors (Lipinski definition) is 3. The van der Waals surface area contributed by atoms with Crippen LogP contribution in [0.2, 0.25) is 0 Å². The summed E-state index contributed by atoms with van der Waals surface area (Å²) >= 11 is 5.00. The number of thiazole rings is 1. The monoisotopic (exact) mass is 328 g/mol. The molecule has 96 valence electrons. The fraction of sp³-hybridized carbons (Fsp3) is 0.308. The molecule has 0 radical (unpaired) electrons. The van der Waals surface area contributed by atoms with Crippen LogP contribution in [0.15, 0.2) is 28.9 Å². The second-order valence-corrected chi connectivity index (χ2v) is 5.89. The Morgan fingerprint density at radius 3 is 2.94 bits per heavy atom. The lowest BCUT2D eigenvalue weighted by molar-refractivity contribution is 0.606. The highest BCUT2D eigenvalue weighted by Gasteiger charge is 2.12. The van der Waals surface area contributed by atoms with Crippen molar-refractivity contribution in [2.75, 3.05) is 6.54 Å². The van der Waals surface area contributed by atoms with E-state index in [1.165, 1.54) is 17.0 Å². The van der Waals surface area contributed by atoms with Gasteiger partial charge in [-0.1, -0.05) is 6.92 Å². The first kappa shape index (κ1) is 13.6. The van der Waals surface area contributed by atoms with E-state index in [4.69, 9.17) is 0 Å². The molecule has 0 amide bonds. The van der Waals surface area contributed by atoms with Crippen LogP contribution in [0, 0.1) is 5.82 Å². The molecule has 1 N–H and O–H groups in total. The Balaban J connectivity index is 2.29. The Morgan fingerprint density at radius 1 is 1.50 bits per heavy atom. The summed E-state index contributed by atoms with van der Waals surface area (Å²) in [5.41, 5.74) is 0.927. The highest BCUT2D eigenvalue weighted by molar-refractivity contribution is 9.10. The summed E-state index contributed by atoms with van der Waals surface area (Å²) in [5.74, 6) is -0.247. The summed E-state index contributed by atoms with van der Waals surface area (Å²) in [6.07, 6.45) is 1.88. The number of nitrogens with zero attached hydrogens (tertiary/aromatic N) is 1. The summed E-state index contributed by atoms with van der Waals surface area (Å²) < 4.78 is 13.8. The predicted molar refractivity (Wildman–Crippen MR) is 77.3 cm³/mol. The number of rotatable bonds is 4. The molecule has 2 aromatic rings. The molecule has 5 heteroatoms. The molecule has 0 saturated heterocycles. The first-order valence-electron chi connectivity index (χ1n) is 5.76. The Morgan fingerprint density at radius 2 is 2.28 bits per heavy atom. The lowest BCUT2D eigenvalue weighted by Crippen LogP contribution is -2.16. The molecule has 0 aliphatic carbocycles. The molecule has 1 aromatic heterocycles. The van der Waals surface area contributed by atoms with Gasteiger partial charge in [-0.05, 0) is 47.6 Å². The molecule has 0 fully saturated rings. The van der Waals surface area contributed by atoms with Gasteiger partial charge in [0.25, 0.3) is 0 Å². The van der Waals surface area contributed by atoms with Crippen molar-refractivity contribution in [3.05, 3.63) is 39.6 Å². The Bertz CT molecular complexity index is 542. The van der Waals surface area contributed by atoms with Crippen molar-refractivity contribution in [1.29, 1.82) is 0 Å². The van der Waals surface area contributed by atoms with Crippen molar-refractivity contribution in [3.8, 4) is 10.6 Å². The lowest BCUT2D eigenvalue weighted by Gasteiger charge is -2.08. The summed E-state index contributed by atoms with van der Waals surface area (Å²) in [6, 6.07) is 4.96. The topological polar surface area (TPSA) is 24.9 Å². The molecule has 18 heavy (non-hydrogen) atoms. The van der Waals surface area contributed by atoms with E-state index in [0.717, 1.165) is 21.6 Å². The van der Waals surface area contributed by atoms with Gasteiger partial charge in [0, 0.05) is 27.2 Å². The maximum Gasteiger partial charge on any atom is 0.124 e. The van der Waals surface area contributed by atoms with E-state index in [1.807, 2.05) is 6.20 Å². The number of aromatic nitrogens is 1. The third kappa shape index (κ3) is 2.96. The van der Waals surface area contributed by atoms with Crippen LogP contribution in [0.5, 0.6) is 0 Å². The normalized spacial score (nSPS) is 12.7. The Hall–Kier alpha value is -0.780. The van der Waals surface area contributed by atoms with Crippen molar-refractivity contribution in [1.82, 2.24) is 10.3 Å². The lowest BCUT2D eigenvalue weighted by atomic mass is 10.2. The highest BCUT2D eigenvalue weighted by Crippen LogP contribution is 2.33. The van der Waals surface area contributed by atoms with Crippen molar-refractivity contribution in [2.24, 2.45) is 0 Å².